The lowest BCUT2D eigenvalue weighted by molar-refractivity contribution is -0.139. The first-order chi connectivity index (χ1) is 15.4. The van der Waals surface area contributed by atoms with E-state index in [9.17, 15) is 18.4 Å². The molecule has 1 atom stereocenters. The van der Waals surface area contributed by atoms with Crippen LogP contribution in [-0.2, 0) is 21.9 Å². The Labute approximate surface area is 192 Å². The van der Waals surface area contributed by atoms with Crippen molar-refractivity contribution >= 4 is 23.6 Å². The number of carbonyl (C=O) groups is 2. The van der Waals surface area contributed by atoms with Crippen LogP contribution in [0.2, 0.25) is 0 Å². The molecule has 32 heavy (non-hydrogen) atoms. The quantitative estimate of drug-likeness (QED) is 0.569. The number of thioether (sulfide) groups is 1. The molecule has 0 spiro atoms. The van der Waals surface area contributed by atoms with E-state index in [-0.39, 0.29) is 36.0 Å². The molecule has 0 radical (unpaired) electrons. The van der Waals surface area contributed by atoms with Crippen molar-refractivity contribution in [2.75, 3.05) is 5.75 Å². The van der Waals surface area contributed by atoms with Gasteiger partial charge in [-0.2, -0.15) is 0 Å². The smallest absolute Gasteiger partial charge is 0.242 e. The van der Waals surface area contributed by atoms with Gasteiger partial charge in [0.1, 0.15) is 17.7 Å². The number of rotatable bonds is 9. The van der Waals surface area contributed by atoms with Crippen molar-refractivity contribution in [2.45, 2.75) is 63.4 Å². The van der Waals surface area contributed by atoms with Gasteiger partial charge in [0.05, 0.1) is 5.75 Å². The van der Waals surface area contributed by atoms with E-state index < -0.39 is 11.9 Å². The van der Waals surface area contributed by atoms with Gasteiger partial charge in [0.2, 0.25) is 11.8 Å². The number of carbonyl (C=O) groups excluding carboxylic acids is 2. The summed E-state index contributed by atoms with van der Waals surface area (Å²) in [5.41, 5.74) is 1.29. The highest BCUT2D eigenvalue weighted by Gasteiger charge is 2.28. The predicted octanol–water partition coefficient (Wildman–Crippen LogP) is 5.06. The minimum atomic E-state index is -0.713. The Balaban J connectivity index is 1.65. The SMILES string of the molecule is C[C@@H](C(=O)NC1CCCCC1)N(Cc1ccccc1F)C(=O)CSCc1ccc(F)cc1. The molecule has 1 fully saturated rings. The summed E-state index contributed by atoms with van der Waals surface area (Å²) in [7, 11) is 0. The number of hydrogen-bond donors (Lipinski definition) is 1. The zero-order chi connectivity index (χ0) is 22.9. The Morgan fingerprint density at radius 1 is 1.06 bits per heavy atom. The predicted molar refractivity (Wildman–Crippen MR) is 124 cm³/mol. The first-order valence-corrected chi connectivity index (χ1v) is 12.2. The average molecular weight is 461 g/mol. The molecular formula is C25H30F2N2O2S. The van der Waals surface area contributed by atoms with E-state index in [0.29, 0.717) is 11.3 Å². The summed E-state index contributed by atoms with van der Waals surface area (Å²) in [4.78, 5) is 27.5. The molecule has 172 valence electrons. The van der Waals surface area contributed by atoms with Gasteiger partial charge < -0.3 is 10.2 Å². The lowest BCUT2D eigenvalue weighted by Gasteiger charge is -2.31. The first-order valence-electron chi connectivity index (χ1n) is 11.1. The zero-order valence-electron chi connectivity index (χ0n) is 18.4. The van der Waals surface area contributed by atoms with Crippen molar-refractivity contribution in [3.05, 3.63) is 71.3 Å². The maximum atomic E-state index is 14.3. The molecule has 0 heterocycles. The first kappa shape index (κ1) is 24.2. The minimum Gasteiger partial charge on any atom is -0.352 e. The zero-order valence-corrected chi connectivity index (χ0v) is 19.2. The molecule has 1 N–H and O–H groups in total. The number of nitrogens with one attached hydrogen (secondary N) is 1. The van der Waals surface area contributed by atoms with E-state index in [1.54, 1.807) is 37.3 Å². The van der Waals surface area contributed by atoms with Crippen LogP contribution in [0.1, 0.15) is 50.2 Å². The molecule has 0 unspecified atom stereocenters. The van der Waals surface area contributed by atoms with Crippen LogP contribution in [0.3, 0.4) is 0 Å². The highest BCUT2D eigenvalue weighted by Crippen LogP contribution is 2.20. The fraction of sp³-hybridized carbons (Fsp3) is 0.440. The van der Waals surface area contributed by atoms with Crippen LogP contribution >= 0.6 is 11.8 Å². The second-order valence-electron chi connectivity index (χ2n) is 8.25. The molecule has 0 aromatic heterocycles. The van der Waals surface area contributed by atoms with Crippen LogP contribution in [0.25, 0.3) is 0 Å². The number of amides is 2. The molecule has 2 aromatic carbocycles. The molecule has 4 nitrogen and oxygen atoms in total. The van der Waals surface area contributed by atoms with Crippen LogP contribution in [0, 0.1) is 11.6 Å². The average Bonchev–Trinajstić information content (AvgIpc) is 2.80. The summed E-state index contributed by atoms with van der Waals surface area (Å²) in [6, 6.07) is 11.9. The van der Waals surface area contributed by atoms with Crippen molar-refractivity contribution in [3.63, 3.8) is 0 Å². The maximum Gasteiger partial charge on any atom is 0.242 e. The van der Waals surface area contributed by atoms with E-state index in [1.165, 1.54) is 41.3 Å². The Morgan fingerprint density at radius 3 is 2.44 bits per heavy atom. The molecule has 0 aliphatic heterocycles. The Hall–Kier alpha value is -2.41. The normalized spacial score (nSPS) is 15.2. The monoisotopic (exact) mass is 460 g/mol. The van der Waals surface area contributed by atoms with E-state index in [4.69, 9.17) is 0 Å². The van der Waals surface area contributed by atoms with Crippen molar-refractivity contribution in [1.29, 1.82) is 0 Å². The van der Waals surface area contributed by atoms with Gasteiger partial charge >= 0.3 is 0 Å². The number of nitrogens with zero attached hydrogens (tertiary/aromatic N) is 1. The molecule has 2 amide bonds. The molecule has 1 aliphatic carbocycles. The summed E-state index contributed by atoms with van der Waals surface area (Å²) >= 11 is 1.39. The van der Waals surface area contributed by atoms with Gasteiger partial charge in [-0.05, 0) is 43.5 Å². The molecule has 1 saturated carbocycles. The van der Waals surface area contributed by atoms with Gasteiger partial charge in [0, 0.05) is 23.9 Å². The lowest BCUT2D eigenvalue weighted by Crippen LogP contribution is -2.51. The Kier molecular flexibility index (Phi) is 9.09. The molecule has 3 rings (SSSR count). The standard InChI is InChI=1S/C25H30F2N2O2S/c1-18(25(31)28-22-8-3-2-4-9-22)29(15-20-7-5-6-10-23(20)27)24(30)17-32-16-19-11-13-21(26)14-12-19/h5-7,10-14,18,22H,2-4,8-9,15-17H2,1H3,(H,28,31)/t18-/m0/s1. The summed E-state index contributed by atoms with van der Waals surface area (Å²) in [5, 5.41) is 3.07. The van der Waals surface area contributed by atoms with E-state index in [1.807, 2.05) is 0 Å². The topological polar surface area (TPSA) is 49.4 Å². The van der Waals surface area contributed by atoms with Gasteiger partial charge in [-0.3, -0.25) is 9.59 Å². The van der Waals surface area contributed by atoms with Gasteiger partial charge in [0.15, 0.2) is 0 Å². The maximum absolute atomic E-state index is 14.3. The second-order valence-corrected chi connectivity index (χ2v) is 9.24. The minimum absolute atomic E-state index is 0.0296. The third-order valence-electron chi connectivity index (χ3n) is 5.82. The highest BCUT2D eigenvalue weighted by atomic mass is 32.2. The van der Waals surface area contributed by atoms with Crippen LogP contribution in [0.15, 0.2) is 48.5 Å². The molecule has 1 aliphatic rings. The summed E-state index contributed by atoms with van der Waals surface area (Å²) in [6.45, 7) is 1.73. The molecule has 7 heteroatoms. The summed E-state index contributed by atoms with van der Waals surface area (Å²) < 4.78 is 27.4. The van der Waals surface area contributed by atoms with Gasteiger partial charge in [-0.15, -0.1) is 11.8 Å². The Bertz CT molecular complexity index is 901. The highest BCUT2D eigenvalue weighted by molar-refractivity contribution is 7.99. The van der Waals surface area contributed by atoms with E-state index in [2.05, 4.69) is 5.32 Å². The van der Waals surface area contributed by atoms with Crippen molar-refractivity contribution in [2.24, 2.45) is 0 Å². The molecule has 2 aromatic rings. The number of hydrogen-bond acceptors (Lipinski definition) is 3. The molecule has 0 saturated heterocycles. The van der Waals surface area contributed by atoms with Gasteiger partial charge in [-0.25, -0.2) is 8.78 Å². The van der Waals surface area contributed by atoms with Crippen molar-refractivity contribution < 1.29 is 18.4 Å². The van der Waals surface area contributed by atoms with Crippen molar-refractivity contribution in [3.8, 4) is 0 Å². The molecular weight excluding hydrogens is 430 g/mol. The number of benzene rings is 2. The van der Waals surface area contributed by atoms with Crippen LogP contribution in [0.5, 0.6) is 0 Å². The third kappa shape index (κ3) is 7.05. The van der Waals surface area contributed by atoms with Crippen LogP contribution < -0.4 is 5.32 Å². The molecule has 0 bridgehead atoms. The van der Waals surface area contributed by atoms with Crippen LogP contribution in [0.4, 0.5) is 8.78 Å². The van der Waals surface area contributed by atoms with E-state index >= 15 is 0 Å². The van der Waals surface area contributed by atoms with Crippen LogP contribution in [-0.4, -0.2) is 34.6 Å². The summed E-state index contributed by atoms with van der Waals surface area (Å²) in [6.07, 6.45) is 5.28. The van der Waals surface area contributed by atoms with Crippen molar-refractivity contribution in [1.82, 2.24) is 10.2 Å². The fourth-order valence-electron chi connectivity index (χ4n) is 3.88. The largest absolute Gasteiger partial charge is 0.352 e. The van der Waals surface area contributed by atoms with E-state index in [0.717, 1.165) is 31.2 Å². The third-order valence-corrected chi connectivity index (χ3v) is 6.81. The van der Waals surface area contributed by atoms with Gasteiger partial charge in [-0.1, -0.05) is 49.6 Å². The lowest BCUT2D eigenvalue weighted by atomic mass is 9.95. The fourth-order valence-corrected chi connectivity index (χ4v) is 4.75. The summed E-state index contributed by atoms with van der Waals surface area (Å²) in [5.74, 6) is -0.445. The Morgan fingerprint density at radius 2 is 1.75 bits per heavy atom. The van der Waals surface area contributed by atoms with Gasteiger partial charge in [0.25, 0.3) is 0 Å². The second kappa shape index (κ2) is 12.0. The number of halogens is 2.